The first kappa shape index (κ1) is 12.6. The number of aromatic nitrogens is 1. The molecule has 1 saturated heterocycles. The van der Waals surface area contributed by atoms with Crippen molar-refractivity contribution in [1.29, 1.82) is 0 Å². The fraction of sp³-hybridized carbons (Fsp3) is 0.692. The summed E-state index contributed by atoms with van der Waals surface area (Å²) in [5, 5.41) is 0. The van der Waals surface area contributed by atoms with Crippen molar-refractivity contribution in [1.82, 2.24) is 9.88 Å². The largest absolute Gasteiger partial charge is 0.339 e. The summed E-state index contributed by atoms with van der Waals surface area (Å²) in [4.78, 5) is 19.7. The van der Waals surface area contributed by atoms with Crippen molar-refractivity contribution in [3.63, 3.8) is 0 Å². The van der Waals surface area contributed by atoms with E-state index in [-0.39, 0.29) is 5.91 Å². The second-order valence-electron chi connectivity index (χ2n) is 4.68. The van der Waals surface area contributed by atoms with Crippen LogP contribution in [-0.2, 0) is 11.2 Å². The van der Waals surface area contributed by atoms with E-state index in [9.17, 15) is 4.79 Å². The minimum absolute atomic E-state index is 0.281. The predicted octanol–water partition coefficient (Wildman–Crippen LogP) is 2.79. The van der Waals surface area contributed by atoms with Gasteiger partial charge in [-0.3, -0.25) is 4.79 Å². The number of nitrogens with zero attached hydrogens (tertiary/aromatic N) is 2. The van der Waals surface area contributed by atoms with Crippen molar-refractivity contribution in [2.24, 2.45) is 0 Å². The molecule has 2 heterocycles. The third kappa shape index (κ3) is 2.86. The monoisotopic (exact) mass is 252 g/mol. The molecule has 3 nitrogen and oxygen atoms in total. The van der Waals surface area contributed by atoms with Crippen LogP contribution in [0.25, 0.3) is 0 Å². The summed E-state index contributed by atoms with van der Waals surface area (Å²) in [6, 6.07) is 0.462. The maximum atomic E-state index is 12.3. The van der Waals surface area contributed by atoms with E-state index in [1.165, 1.54) is 12.8 Å². The molecule has 0 N–H and O–H groups in total. The Morgan fingerprint density at radius 2 is 2.41 bits per heavy atom. The van der Waals surface area contributed by atoms with Crippen molar-refractivity contribution in [3.8, 4) is 0 Å². The summed E-state index contributed by atoms with van der Waals surface area (Å²) >= 11 is 1.59. The highest BCUT2D eigenvalue weighted by atomic mass is 32.1. The number of carbonyl (C=O) groups is 1. The van der Waals surface area contributed by atoms with Crippen molar-refractivity contribution in [2.45, 2.75) is 52.0 Å². The summed E-state index contributed by atoms with van der Waals surface area (Å²) in [7, 11) is 0. The van der Waals surface area contributed by atoms with Gasteiger partial charge in [0.25, 0.3) is 0 Å². The first-order valence-electron chi connectivity index (χ1n) is 6.40. The second-order valence-corrected chi connectivity index (χ2v) is 5.62. The van der Waals surface area contributed by atoms with Gasteiger partial charge in [-0.2, -0.15) is 0 Å². The summed E-state index contributed by atoms with van der Waals surface area (Å²) < 4.78 is 0. The summed E-state index contributed by atoms with van der Waals surface area (Å²) in [6.45, 7) is 5.09. The fourth-order valence-electron chi connectivity index (χ4n) is 2.49. The molecular weight excluding hydrogens is 232 g/mol. The van der Waals surface area contributed by atoms with Crippen molar-refractivity contribution >= 4 is 17.2 Å². The van der Waals surface area contributed by atoms with Crippen LogP contribution in [0, 0.1) is 6.92 Å². The van der Waals surface area contributed by atoms with E-state index in [2.05, 4.69) is 16.8 Å². The standard InChI is InChI=1S/C13H20N2OS/c1-3-11-6-4-5-7-15(11)13(16)8-12-10(2)14-9-17-12/h9,11H,3-8H2,1-2H3. The normalized spacial score (nSPS) is 20.6. The number of likely N-dealkylation sites (tertiary alicyclic amines) is 1. The molecule has 0 radical (unpaired) electrons. The third-order valence-electron chi connectivity index (χ3n) is 3.58. The lowest BCUT2D eigenvalue weighted by Gasteiger charge is -2.35. The Labute approximate surface area is 107 Å². The van der Waals surface area contributed by atoms with Crippen LogP contribution >= 0.6 is 11.3 Å². The van der Waals surface area contributed by atoms with Crippen LogP contribution in [0.5, 0.6) is 0 Å². The number of aryl methyl sites for hydroxylation is 1. The van der Waals surface area contributed by atoms with Crippen LogP contribution < -0.4 is 0 Å². The highest BCUT2D eigenvalue weighted by molar-refractivity contribution is 7.09. The quantitative estimate of drug-likeness (QED) is 0.828. The third-order valence-corrected chi connectivity index (χ3v) is 4.51. The van der Waals surface area contributed by atoms with Gasteiger partial charge in [-0.25, -0.2) is 4.98 Å². The number of carbonyl (C=O) groups excluding carboxylic acids is 1. The van der Waals surface area contributed by atoms with E-state index in [0.29, 0.717) is 12.5 Å². The van der Waals surface area contributed by atoms with Crippen LogP contribution in [0.3, 0.4) is 0 Å². The SMILES string of the molecule is CCC1CCCCN1C(=O)Cc1scnc1C. The topological polar surface area (TPSA) is 33.2 Å². The average Bonchev–Trinajstić information content (AvgIpc) is 2.75. The Kier molecular flexibility index (Phi) is 4.15. The van der Waals surface area contributed by atoms with Gasteiger partial charge in [-0.05, 0) is 32.6 Å². The van der Waals surface area contributed by atoms with E-state index in [4.69, 9.17) is 0 Å². The zero-order valence-corrected chi connectivity index (χ0v) is 11.4. The highest BCUT2D eigenvalue weighted by Gasteiger charge is 2.25. The van der Waals surface area contributed by atoms with Gasteiger partial charge in [-0.1, -0.05) is 6.92 Å². The van der Waals surface area contributed by atoms with Gasteiger partial charge < -0.3 is 4.90 Å². The zero-order valence-electron chi connectivity index (χ0n) is 10.6. The smallest absolute Gasteiger partial charge is 0.228 e. The molecule has 1 aromatic heterocycles. The molecule has 94 valence electrons. The predicted molar refractivity (Wildman–Crippen MR) is 70.2 cm³/mol. The average molecular weight is 252 g/mol. The molecule has 0 saturated carbocycles. The number of hydrogen-bond acceptors (Lipinski definition) is 3. The molecule has 2 rings (SSSR count). The highest BCUT2D eigenvalue weighted by Crippen LogP contribution is 2.22. The molecule has 1 aliphatic heterocycles. The maximum absolute atomic E-state index is 12.3. The molecule has 0 spiro atoms. The Bertz CT molecular complexity index is 389. The minimum atomic E-state index is 0.281. The van der Waals surface area contributed by atoms with E-state index in [1.807, 2.05) is 12.4 Å². The van der Waals surface area contributed by atoms with Crippen LogP contribution in [-0.4, -0.2) is 28.4 Å². The first-order chi connectivity index (χ1) is 8.22. The molecular formula is C13H20N2OS. The van der Waals surface area contributed by atoms with Crippen LogP contribution in [0.4, 0.5) is 0 Å². The molecule has 1 aliphatic rings. The summed E-state index contributed by atoms with van der Waals surface area (Å²) in [6.07, 6.45) is 5.20. The fourth-order valence-corrected chi connectivity index (χ4v) is 3.26. The molecule has 0 aromatic carbocycles. The van der Waals surface area contributed by atoms with Gasteiger partial charge in [0.1, 0.15) is 0 Å². The maximum Gasteiger partial charge on any atom is 0.228 e. The van der Waals surface area contributed by atoms with Gasteiger partial charge in [0, 0.05) is 17.5 Å². The lowest BCUT2D eigenvalue weighted by Crippen LogP contribution is -2.44. The van der Waals surface area contributed by atoms with Crippen LogP contribution in [0.2, 0.25) is 0 Å². The van der Waals surface area contributed by atoms with Crippen LogP contribution in [0.15, 0.2) is 5.51 Å². The molecule has 4 heteroatoms. The van der Waals surface area contributed by atoms with Gasteiger partial charge in [-0.15, -0.1) is 11.3 Å². The minimum Gasteiger partial charge on any atom is -0.339 e. The summed E-state index contributed by atoms with van der Waals surface area (Å²) in [5.41, 5.74) is 2.83. The van der Waals surface area contributed by atoms with Crippen molar-refractivity contribution in [3.05, 3.63) is 16.1 Å². The number of amides is 1. The molecule has 1 fully saturated rings. The number of rotatable bonds is 3. The molecule has 1 atom stereocenters. The van der Waals surface area contributed by atoms with Crippen LogP contribution in [0.1, 0.15) is 43.2 Å². The molecule has 0 aliphatic carbocycles. The second kappa shape index (κ2) is 5.63. The molecule has 1 amide bonds. The van der Waals surface area contributed by atoms with Gasteiger partial charge in [0.15, 0.2) is 0 Å². The van der Waals surface area contributed by atoms with E-state index >= 15 is 0 Å². The van der Waals surface area contributed by atoms with E-state index in [0.717, 1.165) is 30.0 Å². The zero-order chi connectivity index (χ0) is 12.3. The lowest BCUT2D eigenvalue weighted by atomic mass is 9.99. The van der Waals surface area contributed by atoms with E-state index in [1.54, 1.807) is 11.3 Å². The number of piperidine rings is 1. The Balaban J connectivity index is 2.01. The molecule has 1 unspecified atom stereocenters. The Morgan fingerprint density at radius 3 is 3.06 bits per heavy atom. The Morgan fingerprint density at radius 1 is 1.59 bits per heavy atom. The number of hydrogen-bond donors (Lipinski definition) is 0. The molecule has 0 bridgehead atoms. The van der Waals surface area contributed by atoms with Gasteiger partial charge >= 0.3 is 0 Å². The molecule has 1 aromatic rings. The van der Waals surface area contributed by atoms with Crippen molar-refractivity contribution in [2.75, 3.05) is 6.54 Å². The molecule has 17 heavy (non-hydrogen) atoms. The summed E-state index contributed by atoms with van der Waals surface area (Å²) in [5.74, 6) is 0.281. The lowest BCUT2D eigenvalue weighted by molar-refractivity contribution is -0.134. The van der Waals surface area contributed by atoms with E-state index < -0.39 is 0 Å². The van der Waals surface area contributed by atoms with Gasteiger partial charge in [0.2, 0.25) is 5.91 Å². The van der Waals surface area contributed by atoms with Crippen molar-refractivity contribution < 1.29 is 4.79 Å². The Hall–Kier alpha value is -0.900. The number of thiazole rings is 1. The first-order valence-corrected chi connectivity index (χ1v) is 7.28. The van der Waals surface area contributed by atoms with Gasteiger partial charge in [0.05, 0.1) is 17.6 Å².